The normalized spacial score (nSPS) is 22.3. The van der Waals surface area contributed by atoms with Crippen molar-refractivity contribution in [3.8, 4) is 0 Å². The number of carbonyl (C=O) groups is 1. The molecule has 0 spiro atoms. The summed E-state index contributed by atoms with van der Waals surface area (Å²) in [6, 6.07) is 7.53. The number of ether oxygens (including phenoxy) is 1. The molecule has 1 saturated carbocycles. The molecule has 0 aliphatic heterocycles. The summed E-state index contributed by atoms with van der Waals surface area (Å²) < 4.78 is 6.75. The molecule has 0 saturated heterocycles. The SMILES string of the molecule is COCCn1c(SCC(=O)N[C@H]2CCC[C@@H](C)[C@@H]2C)nc2ccccc2c1=O. The van der Waals surface area contributed by atoms with E-state index in [9.17, 15) is 9.59 Å². The van der Waals surface area contributed by atoms with Crippen LogP contribution in [0.25, 0.3) is 10.9 Å². The van der Waals surface area contributed by atoms with Crippen molar-refractivity contribution in [3.63, 3.8) is 0 Å². The Morgan fingerprint density at radius 1 is 1.32 bits per heavy atom. The van der Waals surface area contributed by atoms with E-state index in [1.54, 1.807) is 17.7 Å². The molecule has 1 aromatic carbocycles. The number of thioether (sulfide) groups is 1. The minimum Gasteiger partial charge on any atom is -0.383 e. The van der Waals surface area contributed by atoms with Gasteiger partial charge in [-0.05, 0) is 30.4 Å². The number of aromatic nitrogens is 2. The molecular weight excluding hydrogens is 374 g/mol. The lowest BCUT2D eigenvalue weighted by Crippen LogP contribution is -2.44. The minimum absolute atomic E-state index is 0.00310. The first-order valence-electron chi connectivity index (χ1n) is 9.92. The Morgan fingerprint density at radius 2 is 2.11 bits per heavy atom. The number of fused-ring (bicyclic) bond motifs is 1. The van der Waals surface area contributed by atoms with Crippen molar-refractivity contribution >= 4 is 28.6 Å². The maximum absolute atomic E-state index is 12.8. The molecule has 1 N–H and O–H groups in total. The van der Waals surface area contributed by atoms with Crippen LogP contribution in [0.2, 0.25) is 0 Å². The standard InChI is InChI=1S/C21H29N3O3S/c1-14-7-6-10-17(15(14)2)22-19(25)13-28-21-23-18-9-5-4-8-16(18)20(26)24(21)11-12-27-3/h4-5,8-9,14-15,17H,6-7,10-13H2,1-3H3,(H,22,25)/t14-,15+,17+/m1/s1. The molecule has 3 rings (SSSR count). The Hall–Kier alpha value is -1.86. The summed E-state index contributed by atoms with van der Waals surface area (Å²) in [5.41, 5.74) is 0.555. The zero-order chi connectivity index (χ0) is 20.1. The van der Waals surface area contributed by atoms with Crippen molar-refractivity contribution < 1.29 is 9.53 Å². The van der Waals surface area contributed by atoms with Gasteiger partial charge < -0.3 is 10.1 Å². The van der Waals surface area contributed by atoms with Crippen LogP contribution in [-0.4, -0.2) is 41.0 Å². The Labute approximate surface area is 170 Å². The average molecular weight is 404 g/mol. The minimum atomic E-state index is -0.0970. The number of amides is 1. The third kappa shape index (κ3) is 4.75. The van der Waals surface area contributed by atoms with Crippen molar-refractivity contribution in [3.05, 3.63) is 34.6 Å². The predicted octanol–water partition coefficient (Wildman–Crippen LogP) is 3.08. The van der Waals surface area contributed by atoms with Crippen LogP contribution >= 0.6 is 11.8 Å². The van der Waals surface area contributed by atoms with Gasteiger partial charge in [-0.25, -0.2) is 4.98 Å². The summed E-state index contributed by atoms with van der Waals surface area (Å²) in [6.45, 7) is 5.30. The quantitative estimate of drug-likeness (QED) is 0.568. The van der Waals surface area contributed by atoms with Gasteiger partial charge in [0.2, 0.25) is 5.91 Å². The van der Waals surface area contributed by atoms with Crippen molar-refractivity contribution in [1.29, 1.82) is 0 Å². The van der Waals surface area contributed by atoms with Gasteiger partial charge >= 0.3 is 0 Å². The molecule has 0 unspecified atom stereocenters. The molecule has 1 aromatic heterocycles. The summed E-state index contributed by atoms with van der Waals surface area (Å²) in [5.74, 6) is 1.36. The zero-order valence-corrected chi connectivity index (χ0v) is 17.6. The van der Waals surface area contributed by atoms with E-state index in [-0.39, 0.29) is 23.3 Å². The largest absolute Gasteiger partial charge is 0.383 e. The summed E-state index contributed by atoms with van der Waals surface area (Å²) in [7, 11) is 1.60. The number of hydrogen-bond donors (Lipinski definition) is 1. The molecular formula is C21H29N3O3S. The lowest BCUT2D eigenvalue weighted by atomic mass is 9.78. The number of nitrogens with one attached hydrogen (secondary N) is 1. The van der Waals surface area contributed by atoms with Crippen LogP contribution < -0.4 is 10.9 Å². The van der Waals surface area contributed by atoms with Crippen LogP contribution in [-0.2, 0) is 16.1 Å². The second-order valence-corrected chi connectivity index (χ2v) is 8.53. The first-order valence-corrected chi connectivity index (χ1v) is 10.9. The molecule has 1 aliphatic rings. The average Bonchev–Trinajstić information content (AvgIpc) is 2.69. The molecule has 28 heavy (non-hydrogen) atoms. The maximum atomic E-state index is 12.8. The smallest absolute Gasteiger partial charge is 0.262 e. The van der Waals surface area contributed by atoms with Crippen LogP contribution in [0.5, 0.6) is 0 Å². The lowest BCUT2D eigenvalue weighted by Gasteiger charge is -2.34. The van der Waals surface area contributed by atoms with Crippen LogP contribution in [0.15, 0.2) is 34.2 Å². The van der Waals surface area contributed by atoms with Crippen molar-refractivity contribution in [2.45, 2.75) is 50.9 Å². The summed E-state index contributed by atoms with van der Waals surface area (Å²) >= 11 is 1.31. The van der Waals surface area contributed by atoms with E-state index in [1.807, 2.05) is 18.2 Å². The summed E-state index contributed by atoms with van der Waals surface area (Å²) in [4.78, 5) is 30.0. The fraction of sp³-hybridized carbons (Fsp3) is 0.571. The van der Waals surface area contributed by atoms with Gasteiger partial charge in [0.05, 0.1) is 29.8 Å². The second-order valence-electron chi connectivity index (χ2n) is 7.59. The van der Waals surface area contributed by atoms with Crippen molar-refractivity contribution in [2.24, 2.45) is 11.8 Å². The number of benzene rings is 1. The fourth-order valence-corrected chi connectivity index (χ4v) is 4.64. The molecule has 0 radical (unpaired) electrons. The van der Waals surface area contributed by atoms with Crippen molar-refractivity contribution in [2.75, 3.05) is 19.5 Å². The van der Waals surface area contributed by atoms with Gasteiger partial charge in [0.1, 0.15) is 0 Å². The van der Waals surface area contributed by atoms with Gasteiger partial charge in [0.15, 0.2) is 5.16 Å². The summed E-state index contributed by atoms with van der Waals surface area (Å²) in [5, 5.41) is 4.32. The summed E-state index contributed by atoms with van der Waals surface area (Å²) in [6.07, 6.45) is 3.43. The second kappa shape index (κ2) is 9.56. The van der Waals surface area contributed by atoms with E-state index in [0.29, 0.717) is 41.0 Å². The topological polar surface area (TPSA) is 73.2 Å². The van der Waals surface area contributed by atoms with E-state index >= 15 is 0 Å². The molecule has 2 aromatic rings. The van der Waals surface area contributed by atoms with Crippen LogP contribution in [0.4, 0.5) is 0 Å². The third-order valence-electron chi connectivity index (χ3n) is 5.73. The fourth-order valence-electron chi connectivity index (χ4n) is 3.80. The Morgan fingerprint density at radius 3 is 2.89 bits per heavy atom. The predicted molar refractivity (Wildman–Crippen MR) is 113 cm³/mol. The highest BCUT2D eigenvalue weighted by Gasteiger charge is 2.28. The van der Waals surface area contributed by atoms with Gasteiger partial charge in [-0.1, -0.05) is 50.6 Å². The van der Waals surface area contributed by atoms with Crippen LogP contribution in [0.1, 0.15) is 33.1 Å². The molecule has 0 bridgehead atoms. The van der Waals surface area contributed by atoms with Crippen LogP contribution in [0, 0.1) is 11.8 Å². The first-order chi connectivity index (χ1) is 13.5. The first kappa shape index (κ1) is 20.9. The molecule has 1 fully saturated rings. The van der Waals surface area contributed by atoms with Gasteiger partial charge in [-0.15, -0.1) is 0 Å². The Kier molecular flexibility index (Phi) is 7.13. The van der Waals surface area contributed by atoms with E-state index in [4.69, 9.17) is 4.74 Å². The van der Waals surface area contributed by atoms with Gasteiger partial charge in [-0.3, -0.25) is 14.2 Å². The number of methoxy groups -OCH3 is 1. The number of para-hydroxylation sites is 1. The molecule has 1 amide bonds. The van der Waals surface area contributed by atoms with Crippen LogP contribution in [0.3, 0.4) is 0 Å². The highest BCUT2D eigenvalue weighted by molar-refractivity contribution is 7.99. The van der Waals surface area contributed by atoms with E-state index in [0.717, 1.165) is 12.8 Å². The molecule has 7 heteroatoms. The monoisotopic (exact) mass is 403 g/mol. The van der Waals surface area contributed by atoms with Gasteiger partial charge in [-0.2, -0.15) is 0 Å². The maximum Gasteiger partial charge on any atom is 0.262 e. The molecule has 1 heterocycles. The van der Waals surface area contributed by atoms with E-state index < -0.39 is 0 Å². The number of rotatable bonds is 7. The molecule has 3 atom stereocenters. The number of nitrogens with zero attached hydrogens (tertiary/aromatic N) is 2. The Balaban J connectivity index is 1.73. The van der Waals surface area contributed by atoms with Gasteiger partial charge in [0, 0.05) is 13.2 Å². The molecule has 152 valence electrons. The zero-order valence-electron chi connectivity index (χ0n) is 16.8. The van der Waals surface area contributed by atoms with Gasteiger partial charge in [0.25, 0.3) is 5.56 Å². The Bertz CT molecular complexity index is 883. The lowest BCUT2D eigenvalue weighted by molar-refractivity contribution is -0.120. The van der Waals surface area contributed by atoms with Crippen molar-refractivity contribution in [1.82, 2.24) is 14.9 Å². The highest BCUT2D eigenvalue weighted by atomic mass is 32.2. The van der Waals surface area contributed by atoms with E-state index in [2.05, 4.69) is 24.1 Å². The third-order valence-corrected chi connectivity index (χ3v) is 6.71. The number of hydrogen-bond acceptors (Lipinski definition) is 5. The highest BCUT2D eigenvalue weighted by Crippen LogP contribution is 2.29. The molecule has 1 aliphatic carbocycles. The van der Waals surface area contributed by atoms with E-state index in [1.165, 1.54) is 18.2 Å². The number of carbonyl (C=O) groups excluding carboxylic acids is 1. The molecule has 6 nitrogen and oxygen atoms in total.